The third-order valence-electron chi connectivity index (χ3n) is 3.41. The van der Waals surface area contributed by atoms with Crippen molar-refractivity contribution in [2.24, 2.45) is 0 Å². The third kappa shape index (κ3) is 3.10. The molecule has 0 saturated heterocycles. The van der Waals surface area contributed by atoms with Crippen molar-refractivity contribution in [2.75, 3.05) is 7.05 Å². The molecule has 0 amide bonds. The molecule has 0 spiro atoms. The topological polar surface area (TPSA) is 27.8 Å². The first-order chi connectivity index (χ1) is 10.2. The van der Waals surface area contributed by atoms with Gasteiger partial charge >= 0.3 is 0 Å². The third-order valence-corrected chi connectivity index (χ3v) is 4.82. The van der Waals surface area contributed by atoms with Crippen LogP contribution in [0.4, 0.5) is 0 Å². The second kappa shape index (κ2) is 6.14. The molecule has 2 N–H and O–H groups in total. The van der Waals surface area contributed by atoms with Crippen LogP contribution in [0.25, 0.3) is 10.9 Å². The Balaban J connectivity index is 2.00. The maximum atomic E-state index is 6.11. The van der Waals surface area contributed by atoms with Crippen LogP contribution in [-0.2, 0) is 6.54 Å². The van der Waals surface area contributed by atoms with Crippen LogP contribution in [-0.4, -0.2) is 12.0 Å². The van der Waals surface area contributed by atoms with Gasteiger partial charge in [-0.15, -0.1) is 0 Å². The van der Waals surface area contributed by atoms with E-state index in [1.165, 1.54) is 31.8 Å². The Morgan fingerprint density at radius 3 is 2.81 bits per heavy atom. The van der Waals surface area contributed by atoms with E-state index in [9.17, 15) is 0 Å². The molecule has 1 aromatic heterocycles. The normalized spacial score (nSPS) is 11.2. The van der Waals surface area contributed by atoms with Crippen LogP contribution >= 0.6 is 23.4 Å². The summed E-state index contributed by atoms with van der Waals surface area (Å²) in [6.07, 6.45) is 2.08. The molecular formula is C17H17ClN2S. The number of hydrogen-bond acceptors (Lipinski definition) is 2. The Bertz CT molecular complexity index is 780. The van der Waals surface area contributed by atoms with E-state index >= 15 is 0 Å². The van der Waals surface area contributed by atoms with E-state index in [2.05, 4.69) is 47.7 Å². The van der Waals surface area contributed by atoms with Crippen LogP contribution in [0.1, 0.15) is 11.1 Å². The first-order valence-corrected chi connectivity index (χ1v) is 8.05. The van der Waals surface area contributed by atoms with Gasteiger partial charge in [-0.2, -0.15) is 0 Å². The highest BCUT2D eigenvalue weighted by Gasteiger charge is 2.09. The van der Waals surface area contributed by atoms with E-state index in [0.717, 1.165) is 11.6 Å². The average Bonchev–Trinajstić information content (AvgIpc) is 2.84. The monoisotopic (exact) mass is 316 g/mol. The molecule has 3 rings (SSSR count). The second-order valence-corrected chi connectivity index (χ2v) is 6.61. The molecule has 0 unspecified atom stereocenters. The maximum absolute atomic E-state index is 6.11. The minimum Gasteiger partial charge on any atom is -0.360 e. The summed E-state index contributed by atoms with van der Waals surface area (Å²) in [5.74, 6) is 0. The van der Waals surface area contributed by atoms with Gasteiger partial charge in [0.25, 0.3) is 0 Å². The molecule has 0 aliphatic carbocycles. The van der Waals surface area contributed by atoms with Gasteiger partial charge in [-0.1, -0.05) is 35.0 Å². The van der Waals surface area contributed by atoms with Crippen LogP contribution in [0.5, 0.6) is 0 Å². The van der Waals surface area contributed by atoms with Crippen molar-refractivity contribution < 1.29 is 0 Å². The van der Waals surface area contributed by atoms with Gasteiger partial charge in [0.2, 0.25) is 0 Å². The van der Waals surface area contributed by atoms with Crippen molar-refractivity contribution in [1.82, 2.24) is 10.3 Å². The fraction of sp³-hybridized carbons (Fsp3) is 0.176. The van der Waals surface area contributed by atoms with Crippen molar-refractivity contribution in [3.05, 3.63) is 58.7 Å². The quantitative estimate of drug-likeness (QED) is 0.709. The lowest BCUT2D eigenvalue weighted by molar-refractivity contribution is 0.803. The number of fused-ring (bicyclic) bond motifs is 1. The van der Waals surface area contributed by atoms with Crippen molar-refractivity contribution >= 4 is 34.3 Å². The Morgan fingerprint density at radius 1 is 1.14 bits per heavy atom. The molecule has 0 bridgehead atoms. The van der Waals surface area contributed by atoms with Crippen molar-refractivity contribution in [3.63, 3.8) is 0 Å². The smallest absolute Gasteiger partial charge is 0.0465 e. The van der Waals surface area contributed by atoms with Crippen molar-refractivity contribution in [1.29, 1.82) is 0 Å². The summed E-state index contributed by atoms with van der Waals surface area (Å²) in [6, 6.07) is 12.5. The standard InChI is InChI=1S/C17H17ClN2S/c1-11-3-5-15-14(7-11)17(10-20-15)21-16-6-4-13(18)8-12(16)9-19-2/h3-8,10,19-20H,9H2,1-2H3. The Labute approximate surface area is 133 Å². The maximum Gasteiger partial charge on any atom is 0.0465 e. The summed E-state index contributed by atoms with van der Waals surface area (Å²) < 4.78 is 0. The van der Waals surface area contributed by atoms with Gasteiger partial charge in [-0.25, -0.2) is 0 Å². The number of aromatic amines is 1. The number of nitrogens with one attached hydrogen (secondary N) is 2. The first-order valence-electron chi connectivity index (χ1n) is 6.86. The summed E-state index contributed by atoms with van der Waals surface area (Å²) in [5.41, 5.74) is 3.67. The highest BCUT2D eigenvalue weighted by Crippen LogP contribution is 2.36. The number of rotatable bonds is 4. The predicted molar refractivity (Wildman–Crippen MR) is 91.4 cm³/mol. The van der Waals surface area contributed by atoms with Gasteiger partial charge in [-0.05, 0) is 49.9 Å². The zero-order valence-corrected chi connectivity index (χ0v) is 13.6. The molecule has 1 heterocycles. The Morgan fingerprint density at radius 2 is 2.00 bits per heavy atom. The Hall–Kier alpha value is -1.42. The number of H-pyrrole nitrogens is 1. The number of aryl methyl sites for hydroxylation is 1. The van der Waals surface area contributed by atoms with Crippen LogP contribution in [0, 0.1) is 6.92 Å². The SMILES string of the molecule is CNCc1cc(Cl)ccc1Sc1c[nH]c2ccc(C)cc12. The predicted octanol–water partition coefficient (Wildman–Crippen LogP) is 5.00. The molecule has 2 nitrogen and oxygen atoms in total. The molecule has 21 heavy (non-hydrogen) atoms. The molecule has 0 aliphatic heterocycles. The lowest BCUT2D eigenvalue weighted by Crippen LogP contribution is -2.06. The van der Waals surface area contributed by atoms with Gasteiger partial charge in [0.05, 0.1) is 0 Å². The Kier molecular flexibility index (Phi) is 4.24. The van der Waals surface area contributed by atoms with Gasteiger partial charge in [0, 0.05) is 38.5 Å². The van der Waals surface area contributed by atoms with Gasteiger partial charge in [-0.3, -0.25) is 0 Å². The molecule has 3 aromatic rings. The van der Waals surface area contributed by atoms with E-state index in [1.54, 1.807) is 11.8 Å². The van der Waals surface area contributed by atoms with Crippen molar-refractivity contribution in [2.45, 2.75) is 23.3 Å². The highest BCUT2D eigenvalue weighted by atomic mass is 35.5. The fourth-order valence-electron chi connectivity index (χ4n) is 2.39. The first kappa shape index (κ1) is 14.5. The summed E-state index contributed by atoms with van der Waals surface area (Å²) in [7, 11) is 1.95. The van der Waals surface area contributed by atoms with Crippen LogP contribution in [0.2, 0.25) is 5.02 Å². The summed E-state index contributed by atoms with van der Waals surface area (Å²) in [4.78, 5) is 5.81. The van der Waals surface area contributed by atoms with Gasteiger partial charge < -0.3 is 10.3 Å². The number of hydrogen-bond donors (Lipinski definition) is 2. The summed E-state index contributed by atoms with van der Waals surface area (Å²) in [5, 5.41) is 5.24. The van der Waals surface area contributed by atoms with Crippen LogP contribution < -0.4 is 5.32 Å². The molecule has 0 saturated carbocycles. The molecule has 4 heteroatoms. The van der Waals surface area contributed by atoms with Crippen LogP contribution in [0.15, 0.2) is 52.4 Å². The fourth-order valence-corrected chi connectivity index (χ4v) is 3.61. The number of halogens is 1. The molecule has 108 valence electrons. The van der Waals surface area contributed by atoms with E-state index in [0.29, 0.717) is 0 Å². The zero-order valence-electron chi connectivity index (χ0n) is 12.0. The average molecular weight is 317 g/mol. The van der Waals surface area contributed by atoms with E-state index < -0.39 is 0 Å². The molecule has 0 atom stereocenters. The second-order valence-electron chi connectivity index (χ2n) is 5.09. The van der Waals surface area contributed by atoms with Gasteiger partial charge in [0.15, 0.2) is 0 Å². The minimum atomic E-state index is 0.777. The van der Waals surface area contributed by atoms with E-state index in [-0.39, 0.29) is 0 Å². The van der Waals surface area contributed by atoms with E-state index in [4.69, 9.17) is 11.6 Å². The minimum absolute atomic E-state index is 0.777. The molecule has 0 aliphatic rings. The van der Waals surface area contributed by atoms with E-state index in [1.807, 2.05) is 19.2 Å². The molecular weight excluding hydrogens is 300 g/mol. The molecule has 2 aromatic carbocycles. The zero-order chi connectivity index (χ0) is 14.8. The summed E-state index contributed by atoms with van der Waals surface area (Å²) in [6.45, 7) is 2.93. The number of benzene rings is 2. The highest BCUT2D eigenvalue weighted by molar-refractivity contribution is 7.99. The van der Waals surface area contributed by atoms with Gasteiger partial charge in [0.1, 0.15) is 0 Å². The lowest BCUT2D eigenvalue weighted by atomic mass is 10.2. The number of aromatic nitrogens is 1. The lowest BCUT2D eigenvalue weighted by Gasteiger charge is -2.09. The van der Waals surface area contributed by atoms with Crippen molar-refractivity contribution in [3.8, 4) is 0 Å². The largest absolute Gasteiger partial charge is 0.360 e. The molecule has 0 fully saturated rings. The molecule has 0 radical (unpaired) electrons. The van der Waals surface area contributed by atoms with Crippen LogP contribution in [0.3, 0.4) is 0 Å². The summed E-state index contributed by atoms with van der Waals surface area (Å²) >= 11 is 7.88.